The molecule has 5 rings (SSSR count). The topological polar surface area (TPSA) is 96.5 Å². The van der Waals surface area contributed by atoms with Crippen LogP contribution < -0.4 is 10.6 Å². The number of thiophene rings is 1. The fraction of sp³-hybridized carbons (Fsp3) is 0.357. The van der Waals surface area contributed by atoms with E-state index in [1.807, 2.05) is 42.5 Å². The number of ether oxygens (including phenoxy) is 1. The van der Waals surface area contributed by atoms with Crippen molar-refractivity contribution in [3.05, 3.63) is 64.1 Å². The Morgan fingerprint density at radius 2 is 1.89 bits per heavy atom. The van der Waals surface area contributed by atoms with E-state index in [-0.39, 0.29) is 11.8 Å². The molecule has 1 aliphatic rings. The number of nitrogens with one attached hydrogen (secondary N) is 2. The summed E-state index contributed by atoms with van der Waals surface area (Å²) in [5.74, 6) is -0.220. The SMILES string of the molecule is CCCCc1nc(-c2ccc(NC(=O)c3cc4cccnc4s3)cc2)sc1C(=O)NCCN1CCOCC1. The average Bonchev–Trinajstić information content (AvgIpc) is 3.58. The van der Waals surface area contributed by atoms with E-state index < -0.39 is 0 Å². The van der Waals surface area contributed by atoms with Crippen molar-refractivity contribution in [1.82, 2.24) is 20.2 Å². The smallest absolute Gasteiger partial charge is 0.265 e. The number of anilines is 1. The second-order valence-electron chi connectivity index (χ2n) is 9.15. The molecule has 0 bridgehead atoms. The number of nitrogens with zero attached hydrogens (tertiary/aromatic N) is 3. The Morgan fingerprint density at radius 1 is 1.08 bits per heavy atom. The molecule has 0 atom stereocenters. The maximum atomic E-state index is 13.1. The maximum absolute atomic E-state index is 13.1. The van der Waals surface area contributed by atoms with Crippen molar-refractivity contribution in [2.45, 2.75) is 26.2 Å². The minimum atomic E-state index is -0.159. The number of hydrogen-bond donors (Lipinski definition) is 2. The molecule has 0 spiro atoms. The van der Waals surface area contributed by atoms with Crippen molar-refractivity contribution in [2.24, 2.45) is 0 Å². The third-order valence-electron chi connectivity index (χ3n) is 6.40. The largest absolute Gasteiger partial charge is 0.379 e. The van der Waals surface area contributed by atoms with Crippen LogP contribution in [0.4, 0.5) is 5.69 Å². The molecule has 0 aliphatic carbocycles. The summed E-state index contributed by atoms with van der Waals surface area (Å²) >= 11 is 2.80. The Labute approximate surface area is 230 Å². The van der Waals surface area contributed by atoms with E-state index in [1.165, 1.54) is 22.7 Å². The third-order valence-corrected chi connectivity index (χ3v) is 8.60. The van der Waals surface area contributed by atoms with Gasteiger partial charge in [0.05, 0.1) is 23.8 Å². The van der Waals surface area contributed by atoms with Crippen LogP contribution in [0.5, 0.6) is 0 Å². The fourth-order valence-electron chi connectivity index (χ4n) is 4.27. The first kappa shape index (κ1) is 26.4. The summed E-state index contributed by atoms with van der Waals surface area (Å²) in [7, 11) is 0. The molecule has 8 nitrogen and oxygen atoms in total. The van der Waals surface area contributed by atoms with Gasteiger partial charge in [0.2, 0.25) is 0 Å². The average molecular weight is 550 g/mol. The molecule has 2 N–H and O–H groups in total. The minimum absolute atomic E-state index is 0.0604. The molecule has 198 valence electrons. The number of pyridine rings is 1. The van der Waals surface area contributed by atoms with E-state index in [9.17, 15) is 9.59 Å². The lowest BCUT2D eigenvalue weighted by Crippen LogP contribution is -2.41. The Balaban J connectivity index is 1.25. The summed E-state index contributed by atoms with van der Waals surface area (Å²) in [4.78, 5) is 39.4. The zero-order valence-electron chi connectivity index (χ0n) is 21.4. The number of aryl methyl sites for hydroxylation is 1. The maximum Gasteiger partial charge on any atom is 0.265 e. The van der Waals surface area contributed by atoms with Gasteiger partial charge in [0.1, 0.15) is 14.7 Å². The zero-order chi connectivity index (χ0) is 26.3. The predicted molar refractivity (Wildman–Crippen MR) is 153 cm³/mol. The van der Waals surface area contributed by atoms with E-state index >= 15 is 0 Å². The zero-order valence-corrected chi connectivity index (χ0v) is 23.0. The van der Waals surface area contributed by atoms with E-state index in [0.717, 1.165) is 78.6 Å². The van der Waals surface area contributed by atoms with E-state index in [1.54, 1.807) is 6.20 Å². The molecule has 0 unspecified atom stereocenters. The van der Waals surface area contributed by atoms with Gasteiger partial charge in [0, 0.05) is 49.0 Å². The van der Waals surface area contributed by atoms with Crippen LogP contribution in [-0.4, -0.2) is 66.1 Å². The normalized spacial score (nSPS) is 14.0. The van der Waals surface area contributed by atoms with E-state index in [2.05, 4.69) is 27.4 Å². The summed E-state index contributed by atoms with van der Waals surface area (Å²) in [5.41, 5.74) is 2.48. The van der Waals surface area contributed by atoms with Gasteiger partial charge >= 0.3 is 0 Å². The number of hydrogen-bond acceptors (Lipinski definition) is 8. The molecule has 0 saturated carbocycles. The molecule has 3 aromatic heterocycles. The van der Waals surface area contributed by atoms with Gasteiger partial charge < -0.3 is 15.4 Å². The monoisotopic (exact) mass is 549 g/mol. The summed E-state index contributed by atoms with van der Waals surface area (Å²) in [6, 6.07) is 13.3. The molecular weight excluding hydrogens is 518 g/mol. The summed E-state index contributed by atoms with van der Waals surface area (Å²) in [6.45, 7) is 6.86. The Morgan fingerprint density at radius 3 is 2.66 bits per heavy atom. The van der Waals surface area contributed by atoms with Crippen LogP contribution in [-0.2, 0) is 11.2 Å². The first-order valence-corrected chi connectivity index (χ1v) is 14.6. The molecule has 10 heteroatoms. The van der Waals surface area contributed by atoms with Crippen LogP contribution >= 0.6 is 22.7 Å². The molecule has 0 radical (unpaired) electrons. The van der Waals surface area contributed by atoms with Crippen LogP contribution in [0.15, 0.2) is 48.7 Å². The third kappa shape index (κ3) is 6.44. The number of carbonyl (C=O) groups excluding carboxylic acids is 2. The van der Waals surface area contributed by atoms with E-state index in [4.69, 9.17) is 9.72 Å². The van der Waals surface area contributed by atoms with Crippen molar-refractivity contribution in [3.8, 4) is 10.6 Å². The highest BCUT2D eigenvalue weighted by atomic mass is 32.1. The van der Waals surface area contributed by atoms with E-state index in [0.29, 0.717) is 22.0 Å². The van der Waals surface area contributed by atoms with Crippen molar-refractivity contribution < 1.29 is 14.3 Å². The Bertz CT molecular complexity index is 1360. The molecule has 4 aromatic rings. The van der Waals surface area contributed by atoms with Crippen LogP contribution in [0.3, 0.4) is 0 Å². The number of thiazole rings is 1. The predicted octanol–water partition coefficient (Wildman–Crippen LogP) is 5.08. The van der Waals surface area contributed by atoms with Crippen LogP contribution in [0.2, 0.25) is 0 Å². The van der Waals surface area contributed by atoms with Gasteiger partial charge in [-0.05, 0) is 49.2 Å². The minimum Gasteiger partial charge on any atom is -0.379 e. The number of amides is 2. The van der Waals surface area contributed by atoms with Crippen molar-refractivity contribution in [2.75, 3.05) is 44.7 Å². The second-order valence-corrected chi connectivity index (χ2v) is 11.2. The van der Waals surface area contributed by atoms with Crippen LogP contribution in [0.25, 0.3) is 20.8 Å². The lowest BCUT2D eigenvalue weighted by Gasteiger charge is -2.26. The highest BCUT2D eigenvalue weighted by Gasteiger charge is 2.19. The summed E-state index contributed by atoms with van der Waals surface area (Å²) in [5, 5.41) is 7.81. The summed E-state index contributed by atoms with van der Waals surface area (Å²) in [6.07, 6.45) is 4.52. The molecule has 38 heavy (non-hydrogen) atoms. The van der Waals surface area contributed by atoms with Crippen molar-refractivity contribution in [3.63, 3.8) is 0 Å². The Kier molecular flexibility index (Phi) is 8.75. The van der Waals surface area contributed by atoms with Gasteiger partial charge in [-0.15, -0.1) is 22.7 Å². The number of aromatic nitrogens is 2. The molecular formula is C28H31N5O3S2. The molecule has 1 aliphatic heterocycles. The van der Waals surface area contributed by atoms with Gasteiger partial charge in [-0.2, -0.15) is 0 Å². The molecule has 1 saturated heterocycles. The lowest BCUT2D eigenvalue weighted by atomic mass is 10.1. The van der Waals surface area contributed by atoms with Crippen LogP contribution in [0.1, 0.15) is 44.8 Å². The first-order chi connectivity index (χ1) is 18.6. The van der Waals surface area contributed by atoms with Gasteiger partial charge in [-0.3, -0.25) is 14.5 Å². The second kappa shape index (κ2) is 12.6. The molecule has 1 fully saturated rings. The van der Waals surface area contributed by atoms with Gasteiger partial charge in [0.25, 0.3) is 11.8 Å². The van der Waals surface area contributed by atoms with Crippen molar-refractivity contribution >= 4 is 50.4 Å². The first-order valence-electron chi connectivity index (χ1n) is 12.9. The number of morpholine rings is 1. The molecule has 4 heterocycles. The number of carbonyl (C=O) groups is 2. The van der Waals surface area contributed by atoms with Crippen LogP contribution in [0, 0.1) is 0 Å². The Hall–Kier alpha value is -3.18. The number of fused-ring (bicyclic) bond motifs is 1. The van der Waals surface area contributed by atoms with Gasteiger partial charge in [-0.1, -0.05) is 19.4 Å². The highest BCUT2D eigenvalue weighted by molar-refractivity contribution is 7.20. The van der Waals surface area contributed by atoms with Gasteiger partial charge in [-0.25, -0.2) is 9.97 Å². The van der Waals surface area contributed by atoms with Gasteiger partial charge in [0.15, 0.2) is 0 Å². The molecule has 2 amide bonds. The number of benzene rings is 1. The number of unbranched alkanes of at least 4 members (excludes halogenated alkanes) is 1. The lowest BCUT2D eigenvalue weighted by molar-refractivity contribution is 0.0383. The molecule has 1 aromatic carbocycles. The summed E-state index contributed by atoms with van der Waals surface area (Å²) < 4.78 is 5.39. The quantitative estimate of drug-likeness (QED) is 0.287. The standard InChI is InChI=1S/C28H31N5O3S2/c1-2-3-6-22-24(26(35)29-12-13-33-14-16-36-17-15-33)38-28(32-22)19-7-9-21(10-8-19)31-25(34)23-18-20-5-4-11-30-27(20)37-23/h4-5,7-11,18H,2-3,6,12-17H2,1H3,(H,29,35)(H,31,34). The highest BCUT2D eigenvalue weighted by Crippen LogP contribution is 2.30. The number of rotatable bonds is 10. The fourth-order valence-corrected chi connectivity index (χ4v) is 6.20. The van der Waals surface area contributed by atoms with Crippen molar-refractivity contribution in [1.29, 1.82) is 0 Å².